The van der Waals surface area contributed by atoms with Crippen LogP contribution in [0.4, 0.5) is 0 Å². The van der Waals surface area contributed by atoms with Gasteiger partial charge in [-0.3, -0.25) is 9.69 Å². The van der Waals surface area contributed by atoms with E-state index in [-0.39, 0.29) is 55.9 Å². The maximum absolute atomic E-state index is 10.7. The number of rotatable bonds is 8. The number of carboxylic acid groups (broad SMARTS) is 1. The number of aliphatic hydroxyl groups is 2. The van der Waals surface area contributed by atoms with E-state index in [1.54, 1.807) is 0 Å². The number of aliphatic hydroxyl groups excluding tert-OH is 2. The van der Waals surface area contributed by atoms with Crippen LogP contribution in [0.3, 0.4) is 0 Å². The molecule has 0 saturated heterocycles. The van der Waals surface area contributed by atoms with Crippen molar-refractivity contribution in [3.63, 3.8) is 0 Å². The van der Waals surface area contributed by atoms with Gasteiger partial charge in [-0.25, -0.2) is 0 Å². The average Bonchev–Trinajstić information content (AvgIpc) is 2.13. The van der Waals surface area contributed by atoms with Crippen molar-refractivity contribution in [2.75, 3.05) is 26.3 Å². The smallest absolute Gasteiger partial charge is 0.548 e. The summed E-state index contributed by atoms with van der Waals surface area (Å²) in [6, 6.07) is -1.21. The third kappa shape index (κ3) is 7.15. The van der Waals surface area contributed by atoms with Crippen LogP contribution < -0.4 is 40.4 Å². The molecule has 0 fully saturated rings. The summed E-state index contributed by atoms with van der Waals surface area (Å²) in [6.07, 6.45) is -0.400. The molecule has 0 rings (SSSR count). The van der Waals surface area contributed by atoms with Crippen LogP contribution in [-0.4, -0.2) is 59.3 Å². The Hall–Kier alpha value is -0.180. The Labute approximate surface area is 116 Å². The molecule has 0 aliphatic carbocycles. The first-order chi connectivity index (χ1) is 7.02. The molecule has 16 heavy (non-hydrogen) atoms. The third-order valence-electron chi connectivity index (χ3n) is 1.88. The number of hydrogen-bond donors (Lipinski definition) is 3. The van der Waals surface area contributed by atoms with Gasteiger partial charge in [0.25, 0.3) is 0 Å². The Morgan fingerprint density at radius 3 is 1.94 bits per heavy atom. The van der Waals surface area contributed by atoms with Gasteiger partial charge >= 0.3 is 29.6 Å². The molecule has 0 aromatic heterocycles. The van der Waals surface area contributed by atoms with E-state index in [9.17, 15) is 14.7 Å². The van der Waals surface area contributed by atoms with Crippen molar-refractivity contribution in [1.29, 1.82) is 0 Å². The van der Waals surface area contributed by atoms with Gasteiger partial charge in [0.15, 0.2) is 0 Å². The molecule has 0 bridgehead atoms. The Balaban J connectivity index is 0. The summed E-state index contributed by atoms with van der Waals surface area (Å²) in [5.41, 5.74) is 4.88. The minimum absolute atomic E-state index is 0. The summed E-state index contributed by atoms with van der Waals surface area (Å²) in [6.45, 7) is -0.482. The van der Waals surface area contributed by atoms with E-state index in [0.717, 1.165) is 0 Å². The van der Waals surface area contributed by atoms with Crippen molar-refractivity contribution in [3.05, 3.63) is 0 Å². The Morgan fingerprint density at radius 2 is 1.69 bits per heavy atom. The molecule has 1 unspecified atom stereocenters. The summed E-state index contributed by atoms with van der Waals surface area (Å²) in [5, 5.41) is 28.1. The van der Waals surface area contributed by atoms with Gasteiger partial charge in [-0.05, 0) is 0 Å². The summed E-state index contributed by atoms with van der Waals surface area (Å²) >= 11 is 0. The molecule has 88 valence electrons. The number of carbonyl (C=O) groups is 2. The van der Waals surface area contributed by atoms with Gasteiger partial charge in [0.1, 0.15) is 0 Å². The topological polar surface area (TPSA) is 127 Å². The van der Waals surface area contributed by atoms with Gasteiger partial charge in [-0.15, -0.1) is 0 Å². The molecule has 4 N–H and O–H groups in total. The van der Waals surface area contributed by atoms with Crippen LogP contribution >= 0.6 is 0 Å². The maximum Gasteiger partial charge on any atom is 1.00 e. The zero-order chi connectivity index (χ0) is 11.8. The summed E-state index contributed by atoms with van der Waals surface area (Å²) in [5.74, 6) is -2.22. The fourth-order valence-electron chi connectivity index (χ4n) is 1.23. The van der Waals surface area contributed by atoms with E-state index in [4.69, 9.17) is 15.9 Å². The predicted octanol–water partition coefficient (Wildman–Crippen LogP) is -6.73. The SMILES string of the molecule is NC(=O)CC(C(=O)[O-])N(CCO)CCO.[Na+]. The Morgan fingerprint density at radius 1 is 1.25 bits per heavy atom. The average molecular weight is 242 g/mol. The number of carboxylic acids is 1. The van der Waals surface area contributed by atoms with Crippen LogP contribution in [0.2, 0.25) is 0 Å². The van der Waals surface area contributed by atoms with Crippen LogP contribution in [-0.2, 0) is 9.59 Å². The molecule has 1 atom stereocenters. The molecule has 0 aliphatic rings. The van der Waals surface area contributed by atoms with Crippen LogP contribution in [0.15, 0.2) is 0 Å². The second-order valence-electron chi connectivity index (χ2n) is 2.99. The number of aliphatic carboxylic acids is 1. The number of hydrogen-bond acceptors (Lipinski definition) is 6. The van der Waals surface area contributed by atoms with Gasteiger partial charge in [0.2, 0.25) is 5.91 Å². The van der Waals surface area contributed by atoms with E-state index in [2.05, 4.69) is 0 Å². The number of amides is 1. The quantitative estimate of drug-likeness (QED) is 0.363. The van der Waals surface area contributed by atoms with E-state index >= 15 is 0 Å². The molecule has 0 aromatic rings. The number of primary amides is 1. The van der Waals surface area contributed by atoms with Gasteiger partial charge in [0.05, 0.1) is 25.2 Å². The minimum atomic E-state index is -1.45. The fourth-order valence-corrected chi connectivity index (χ4v) is 1.23. The molecule has 8 heteroatoms. The second-order valence-corrected chi connectivity index (χ2v) is 2.99. The molecule has 0 aromatic carbocycles. The first-order valence-corrected chi connectivity index (χ1v) is 4.47. The van der Waals surface area contributed by atoms with E-state index in [1.807, 2.05) is 0 Å². The van der Waals surface area contributed by atoms with Crippen LogP contribution in [0.1, 0.15) is 6.42 Å². The second kappa shape index (κ2) is 10.0. The van der Waals surface area contributed by atoms with Gasteiger partial charge in [-0.1, -0.05) is 0 Å². The molecule has 0 radical (unpaired) electrons. The zero-order valence-corrected chi connectivity index (χ0v) is 11.3. The fraction of sp³-hybridized carbons (Fsp3) is 0.750. The largest absolute Gasteiger partial charge is 1.00 e. The van der Waals surface area contributed by atoms with Gasteiger partial charge < -0.3 is 25.8 Å². The Bertz CT molecular complexity index is 220. The first-order valence-electron chi connectivity index (χ1n) is 4.47. The predicted molar refractivity (Wildman–Crippen MR) is 48.4 cm³/mol. The third-order valence-corrected chi connectivity index (χ3v) is 1.88. The van der Waals surface area contributed by atoms with Crippen LogP contribution in [0.5, 0.6) is 0 Å². The molecule has 0 spiro atoms. The molecule has 7 nitrogen and oxygen atoms in total. The normalized spacial score (nSPS) is 11.9. The van der Waals surface area contributed by atoms with Crippen molar-refractivity contribution < 1.29 is 54.5 Å². The number of nitrogens with zero attached hydrogens (tertiary/aromatic N) is 1. The van der Waals surface area contributed by atoms with Gasteiger partial charge in [-0.2, -0.15) is 0 Å². The van der Waals surface area contributed by atoms with E-state index in [1.165, 1.54) is 4.90 Å². The molecular formula is C8H15N2NaO5. The standard InChI is InChI=1S/C8H16N2O5.Na/c9-7(13)5-6(8(14)15)10(1-3-11)2-4-12;/h6,11-12H,1-5H2,(H2,9,13)(H,14,15);/q;+1/p-1. The Kier molecular flexibility index (Phi) is 11.4. The molecule has 1 amide bonds. The van der Waals surface area contributed by atoms with Crippen LogP contribution in [0.25, 0.3) is 0 Å². The molecular weight excluding hydrogens is 227 g/mol. The first kappa shape index (κ1) is 18.2. The van der Waals surface area contributed by atoms with E-state index < -0.39 is 24.3 Å². The molecule has 0 saturated carbocycles. The summed E-state index contributed by atoms with van der Waals surface area (Å²) < 4.78 is 0. The monoisotopic (exact) mass is 242 g/mol. The minimum Gasteiger partial charge on any atom is -0.548 e. The van der Waals surface area contributed by atoms with Crippen molar-refractivity contribution in [1.82, 2.24) is 4.90 Å². The maximum atomic E-state index is 10.7. The number of carbonyl (C=O) groups excluding carboxylic acids is 2. The van der Waals surface area contributed by atoms with Crippen molar-refractivity contribution >= 4 is 11.9 Å². The van der Waals surface area contributed by atoms with Crippen molar-refractivity contribution in [3.8, 4) is 0 Å². The number of nitrogens with two attached hydrogens (primary N) is 1. The van der Waals surface area contributed by atoms with Crippen molar-refractivity contribution in [2.45, 2.75) is 12.5 Å². The van der Waals surface area contributed by atoms with Crippen LogP contribution in [0, 0.1) is 0 Å². The molecule has 0 heterocycles. The zero-order valence-electron chi connectivity index (χ0n) is 9.26. The van der Waals surface area contributed by atoms with Crippen molar-refractivity contribution in [2.24, 2.45) is 5.73 Å². The van der Waals surface area contributed by atoms with Gasteiger partial charge in [0, 0.05) is 19.5 Å². The summed E-state index contributed by atoms with van der Waals surface area (Å²) in [7, 11) is 0. The summed E-state index contributed by atoms with van der Waals surface area (Å²) in [4.78, 5) is 22.5. The van der Waals surface area contributed by atoms with E-state index in [0.29, 0.717) is 0 Å². The molecule has 0 aliphatic heterocycles.